The average molecular weight is 393 g/mol. The number of aromatic nitrogens is 3. The topological polar surface area (TPSA) is 87.1 Å². The molecule has 0 aliphatic rings. The summed E-state index contributed by atoms with van der Waals surface area (Å²) in [5, 5.41) is 10.6. The van der Waals surface area contributed by atoms with Gasteiger partial charge in [0, 0.05) is 12.1 Å². The molecule has 0 fully saturated rings. The van der Waals surface area contributed by atoms with Crippen LogP contribution >= 0.6 is 0 Å². The van der Waals surface area contributed by atoms with Crippen LogP contribution in [0, 0.1) is 5.82 Å². The summed E-state index contributed by atoms with van der Waals surface area (Å²) in [6.07, 6.45) is 1.57. The molecule has 8 heteroatoms. The lowest BCUT2D eigenvalue weighted by Crippen LogP contribution is -2.28. The monoisotopic (exact) mass is 393 g/mol. The standard InChI is InChI=1S/C21H24FN7/c1-21(2,3)28-19-25-18(23-13-15-7-5-4-6-8-15)26-20(27-19)29-24-14-16-9-11-17(22)12-10-16/h4-12,14H,13H2,1-3H3,(H3,23,25,26,27,28,29)/b24-14-. The van der Waals surface area contributed by atoms with Gasteiger partial charge in [-0.05, 0) is 44.0 Å². The summed E-state index contributed by atoms with van der Waals surface area (Å²) in [5.74, 6) is 0.859. The Balaban J connectivity index is 1.75. The van der Waals surface area contributed by atoms with Crippen LogP contribution in [0.4, 0.5) is 22.2 Å². The Morgan fingerprint density at radius 2 is 1.55 bits per heavy atom. The summed E-state index contributed by atoms with van der Waals surface area (Å²) in [4.78, 5) is 13.2. The van der Waals surface area contributed by atoms with E-state index < -0.39 is 0 Å². The van der Waals surface area contributed by atoms with Crippen molar-refractivity contribution in [3.8, 4) is 0 Å². The van der Waals surface area contributed by atoms with Gasteiger partial charge in [-0.1, -0.05) is 42.5 Å². The van der Waals surface area contributed by atoms with Gasteiger partial charge in [-0.2, -0.15) is 20.1 Å². The fraction of sp³-hybridized carbons (Fsp3) is 0.238. The number of benzene rings is 2. The molecule has 0 amide bonds. The Morgan fingerprint density at radius 1 is 0.897 bits per heavy atom. The molecule has 3 aromatic rings. The van der Waals surface area contributed by atoms with Crippen LogP contribution in [0.15, 0.2) is 59.7 Å². The number of rotatable bonds is 7. The Hall–Kier alpha value is -3.55. The number of halogens is 1. The number of anilines is 3. The molecule has 0 atom stereocenters. The average Bonchev–Trinajstić information content (AvgIpc) is 2.67. The van der Waals surface area contributed by atoms with Crippen LogP contribution in [0.5, 0.6) is 0 Å². The van der Waals surface area contributed by atoms with E-state index in [1.807, 2.05) is 51.1 Å². The van der Waals surface area contributed by atoms with E-state index in [4.69, 9.17) is 0 Å². The summed E-state index contributed by atoms with van der Waals surface area (Å²) in [6.45, 7) is 6.65. The highest BCUT2D eigenvalue weighted by Gasteiger charge is 2.14. The maximum absolute atomic E-state index is 13.0. The molecule has 0 saturated carbocycles. The maximum Gasteiger partial charge on any atom is 0.250 e. The van der Waals surface area contributed by atoms with Crippen molar-refractivity contribution in [1.82, 2.24) is 15.0 Å². The van der Waals surface area contributed by atoms with Crippen LogP contribution in [-0.2, 0) is 6.54 Å². The van der Waals surface area contributed by atoms with Gasteiger partial charge in [-0.3, -0.25) is 0 Å². The Kier molecular flexibility index (Phi) is 6.33. The van der Waals surface area contributed by atoms with Crippen LogP contribution in [-0.4, -0.2) is 26.7 Å². The molecule has 0 spiro atoms. The molecule has 2 aromatic carbocycles. The van der Waals surface area contributed by atoms with Gasteiger partial charge in [0.05, 0.1) is 6.21 Å². The van der Waals surface area contributed by atoms with Gasteiger partial charge in [-0.15, -0.1) is 0 Å². The lowest BCUT2D eigenvalue weighted by Gasteiger charge is -2.20. The first-order valence-electron chi connectivity index (χ1n) is 9.24. The van der Waals surface area contributed by atoms with E-state index in [1.165, 1.54) is 12.1 Å². The van der Waals surface area contributed by atoms with Gasteiger partial charge in [0.1, 0.15) is 5.82 Å². The van der Waals surface area contributed by atoms with E-state index >= 15 is 0 Å². The molecule has 3 rings (SSSR count). The summed E-state index contributed by atoms with van der Waals surface area (Å²) in [5.41, 5.74) is 4.46. The van der Waals surface area contributed by atoms with Gasteiger partial charge >= 0.3 is 0 Å². The molecule has 0 bridgehead atoms. The third kappa shape index (κ3) is 6.84. The van der Waals surface area contributed by atoms with Gasteiger partial charge < -0.3 is 10.6 Å². The molecule has 0 radical (unpaired) electrons. The number of hydrazone groups is 1. The number of hydrogen-bond acceptors (Lipinski definition) is 7. The zero-order valence-corrected chi connectivity index (χ0v) is 16.6. The highest BCUT2D eigenvalue weighted by Crippen LogP contribution is 2.15. The van der Waals surface area contributed by atoms with E-state index in [1.54, 1.807) is 18.3 Å². The summed E-state index contributed by atoms with van der Waals surface area (Å²) in [7, 11) is 0. The fourth-order valence-electron chi connectivity index (χ4n) is 2.39. The second-order valence-electron chi connectivity index (χ2n) is 7.44. The smallest absolute Gasteiger partial charge is 0.250 e. The zero-order valence-electron chi connectivity index (χ0n) is 16.6. The highest BCUT2D eigenvalue weighted by atomic mass is 19.1. The molecule has 0 unspecified atom stereocenters. The Labute approximate surface area is 169 Å². The summed E-state index contributed by atoms with van der Waals surface area (Å²) in [6, 6.07) is 16.0. The largest absolute Gasteiger partial charge is 0.350 e. The Morgan fingerprint density at radius 3 is 2.24 bits per heavy atom. The van der Waals surface area contributed by atoms with E-state index in [2.05, 4.69) is 36.1 Å². The molecule has 1 heterocycles. The molecule has 29 heavy (non-hydrogen) atoms. The minimum atomic E-state index is -0.292. The first kappa shape index (κ1) is 20.2. The van der Waals surface area contributed by atoms with E-state index in [0.29, 0.717) is 24.4 Å². The lowest BCUT2D eigenvalue weighted by molar-refractivity contribution is 0.625. The number of nitrogens with one attached hydrogen (secondary N) is 3. The minimum Gasteiger partial charge on any atom is -0.350 e. The maximum atomic E-state index is 13.0. The normalized spacial score (nSPS) is 11.4. The Bertz CT molecular complexity index is 951. The van der Waals surface area contributed by atoms with Crippen molar-refractivity contribution in [1.29, 1.82) is 0 Å². The first-order chi connectivity index (χ1) is 13.9. The second kappa shape index (κ2) is 9.09. The molecule has 0 aliphatic carbocycles. The molecule has 3 N–H and O–H groups in total. The van der Waals surface area contributed by atoms with Crippen molar-refractivity contribution in [2.75, 3.05) is 16.1 Å². The van der Waals surface area contributed by atoms with Crippen LogP contribution in [0.3, 0.4) is 0 Å². The van der Waals surface area contributed by atoms with Crippen molar-refractivity contribution < 1.29 is 4.39 Å². The third-order valence-electron chi connectivity index (χ3n) is 3.66. The third-order valence-corrected chi connectivity index (χ3v) is 3.66. The van der Waals surface area contributed by atoms with Gasteiger partial charge in [-0.25, -0.2) is 9.82 Å². The van der Waals surface area contributed by atoms with Crippen molar-refractivity contribution in [2.45, 2.75) is 32.9 Å². The summed E-state index contributed by atoms with van der Waals surface area (Å²) >= 11 is 0. The predicted molar refractivity (Wildman–Crippen MR) is 115 cm³/mol. The van der Waals surface area contributed by atoms with Crippen molar-refractivity contribution in [3.05, 3.63) is 71.5 Å². The van der Waals surface area contributed by atoms with Crippen molar-refractivity contribution in [3.63, 3.8) is 0 Å². The highest BCUT2D eigenvalue weighted by molar-refractivity contribution is 5.79. The SMILES string of the molecule is CC(C)(C)Nc1nc(NCc2ccccc2)nc(N/N=C\c2ccc(F)cc2)n1. The number of nitrogens with zero attached hydrogens (tertiary/aromatic N) is 4. The quantitative estimate of drug-likeness (QED) is 0.410. The van der Waals surface area contributed by atoms with Gasteiger partial charge in [0.2, 0.25) is 17.8 Å². The van der Waals surface area contributed by atoms with E-state index in [9.17, 15) is 4.39 Å². The second-order valence-corrected chi connectivity index (χ2v) is 7.44. The molecule has 0 saturated heterocycles. The van der Waals surface area contributed by atoms with Gasteiger partial charge in [0.15, 0.2) is 0 Å². The van der Waals surface area contributed by atoms with Crippen LogP contribution in [0.25, 0.3) is 0 Å². The predicted octanol–water partition coefficient (Wildman–Crippen LogP) is 4.28. The molecule has 7 nitrogen and oxygen atoms in total. The van der Waals surface area contributed by atoms with E-state index in [-0.39, 0.29) is 11.4 Å². The van der Waals surface area contributed by atoms with Gasteiger partial charge in [0.25, 0.3) is 0 Å². The van der Waals surface area contributed by atoms with Crippen LogP contribution < -0.4 is 16.1 Å². The fourth-order valence-corrected chi connectivity index (χ4v) is 2.39. The first-order valence-corrected chi connectivity index (χ1v) is 9.24. The van der Waals surface area contributed by atoms with Crippen LogP contribution in [0.1, 0.15) is 31.9 Å². The minimum absolute atomic E-state index is 0.216. The van der Waals surface area contributed by atoms with Crippen LogP contribution in [0.2, 0.25) is 0 Å². The number of hydrogen-bond donors (Lipinski definition) is 3. The molecular formula is C21H24FN7. The molecule has 0 aliphatic heterocycles. The molecule has 150 valence electrons. The van der Waals surface area contributed by atoms with E-state index in [0.717, 1.165) is 11.1 Å². The zero-order chi connectivity index (χ0) is 20.7. The summed E-state index contributed by atoms with van der Waals surface area (Å²) < 4.78 is 13.0. The molecule has 1 aromatic heterocycles. The lowest BCUT2D eigenvalue weighted by atomic mass is 10.1. The molecular weight excluding hydrogens is 369 g/mol. The van der Waals surface area contributed by atoms with Crippen molar-refractivity contribution in [2.24, 2.45) is 5.10 Å². The van der Waals surface area contributed by atoms with Crippen molar-refractivity contribution >= 4 is 24.1 Å².